The van der Waals surface area contributed by atoms with Gasteiger partial charge in [-0.2, -0.15) is 0 Å². The van der Waals surface area contributed by atoms with Crippen LogP contribution in [0.5, 0.6) is 5.75 Å². The van der Waals surface area contributed by atoms with E-state index in [1.807, 2.05) is 24.3 Å². The van der Waals surface area contributed by atoms with Gasteiger partial charge in [0.05, 0.1) is 59.0 Å². The van der Waals surface area contributed by atoms with Crippen LogP contribution in [0, 0.1) is 0 Å². The molecular weight excluding hydrogens is 618 g/mol. The van der Waals surface area contributed by atoms with E-state index in [0.29, 0.717) is 36.4 Å². The zero-order chi connectivity index (χ0) is 32.7. The molecule has 1 N–H and O–H groups in total. The summed E-state index contributed by atoms with van der Waals surface area (Å²) in [5.74, 6) is -0.207. The first kappa shape index (κ1) is 34.5. The van der Waals surface area contributed by atoms with Crippen LogP contribution in [-0.2, 0) is 33.6 Å². The van der Waals surface area contributed by atoms with Gasteiger partial charge in [0, 0.05) is 29.0 Å². The largest absolute Gasteiger partial charge is 0.490 e. The number of rotatable bonds is 15. The van der Waals surface area contributed by atoms with Crippen molar-refractivity contribution >= 4 is 59.6 Å². The zero-order valence-electron chi connectivity index (χ0n) is 26.5. The number of hydrogen-bond donors (Lipinski definition) is 1. The minimum Gasteiger partial charge on any atom is -0.490 e. The molecule has 0 unspecified atom stereocenters. The normalized spacial score (nSPS) is 12.5. The Bertz CT molecular complexity index is 1710. The molecular formula is C32H41N3O8S2. The molecule has 0 bridgehead atoms. The zero-order valence-corrected chi connectivity index (χ0v) is 28.2. The van der Waals surface area contributed by atoms with Crippen LogP contribution in [0.1, 0.15) is 41.5 Å². The lowest BCUT2D eigenvalue weighted by Gasteiger charge is -2.22. The van der Waals surface area contributed by atoms with Crippen LogP contribution < -0.4 is 10.1 Å². The van der Waals surface area contributed by atoms with Crippen LogP contribution in [0.15, 0.2) is 53.0 Å². The van der Waals surface area contributed by atoms with Crippen molar-refractivity contribution in [1.82, 2.24) is 9.97 Å². The first-order valence-electron chi connectivity index (χ1n) is 14.6. The van der Waals surface area contributed by atoms with Crippen molar-refractivity contribution in [2.75, 3.05) is 51.6 Å². The van der Waals surface area contributed by atoms with E-state index in [1.54, 1.807) is 76.7 Å². The number of benzene rings is 2. The van der Waals surface area contributed by atoms with E-state index < -0.39 is 26.2 Å². The summed E-state index contributed by atoms with van der Waals surface area (Å²) in [6.45, 7) is 11.8. The van der Waals surface area contributed by atoms with E-state index in [4.69, 9.17) is 23.7 Å². The average Bonchev–Trinajstić information content (AvgIpc) is 3.42. The highest BCUT2D eigenvalue weighted by Gasteiger charge is 2.34. The van der Waals surface area contributed by atoms with Crippen LogP contribution in [0.2, 0.25) is 0 Å². The van der Waals surface area contributed by atoms with Crippen molar-refractivity contribution in [3.8, 4) is 5.75 Å². The van der Waals surface area contributed by atoms with Gasteiger partial charge in [0.15, 0.2) is 9.84 Å². The number of hydrogen-bond acceptors (Lipinski definition) is 12. The molecule has 2 heterocycles. The fraction of sp³-hybridized carbons (Fsp3) is 0.469. The molecule has 13 heteroatoms. The van der Waals surface area contributed by atoms with Gasteiger partial charge in [0.25, 0.3) is 0 Å². The van der Waals surface area contributed by atoms with E-state index >= 15 is 0 Å². The Hall–Kier alpha value is -3.36. The Balaban J connectivity index is 1.34. The number of thiazole rings is 1. The number of nitrogens with one attached hydrogen (secondary N) is 1. The van der Waals surface area contributed by atoms with Gasteiger partial charge in [0.2, 0.25) is 0 Å². The maximum absolute atomic E-state index is 13.7. The highest BCUT2D eigenvalue weighted by Crippen LogP contribution is 2.38. The average molecular weight is 660 g/mol. The lowest BCUT2D eigenvalue weighted by molar-refractivity contribution is -0.160. The highest BCUT2D eigenvalue weighted by molar-refractivity contribution is 7.92. The Morgan fingerprint density at radius 2 is 1.53 bits per heavy atom. The van der Waals surface area contributed by atoms with Crippen LogP contribution in [0.4, 0.5) is 11.4 Å². The van der Waals surface area contributed by atoms with Gasteiger partial charge in [-0.1, -0.05) is 0 Å². The Morgan fingerprint density at radius 3 is 2.22 bits per heavy atom. The fourth-order valence-electron chi connectivity index (χ4n) is 4.18. The first-order valence-corrected chi connectivity index (χ1v) is 17.0. The second-order valence-corrected chi connectivity index (χ2v) is 15.7. The van der Waals surface area contributed by atoms with Gasteiger partial charge in [-0.15, -0.1) is 11.3 Å². The minimum absolute atomic E-state index is 0.0863. The number of anilines is 2. The van der Waals surface area contributed by atoms with Crippen molar-refractivity contribution in [3.63, 3.8) is 0 Å². The summed E-state index contributed by atoms with van der Waals surface area (Å²) in [5, 5.41) is 4.04. The van der Waals surface area contributed by atoms with Gasteiger partial charge in [0.1, 0.15) is 29.5 Å². The molecule has 0 aliphatic carbocycles. The third-order valence-corrected chi connectivity index (χ3v) is 9.70. The van der Waals surface area contributed by atoms with Gasteiger partial charge in [-0.25, -0.2) is 18.2 Å². The van der Waals surface area contributed by atoms with Crippen molar-refractivity contribution in [2.24, 2.45) is 0 Å². The van der Waals surface area contributed by atoms with E-state index in [-0.39, 0.29) is 37.1 Å². The molecule has 0 fully saturated rings. The van der Waals surface area contributed by atoms with E-state index in [2.05, 4.69) is 15.3 Å². The van der Waals surface area contributed by atoms with Gasteiger partial charge in [-0.05, 0) is 71.9 Å². The standard InChI is InChI=1S/C32H41N3O8S2/c1-31(2,3)43-30(36)20-41-14-13-39-11-12-40-15-16-42-27-19-25-23(18-29(27)45(37,38)32(4,5)6)24(9-10-33-25)35-22-7-8-28-26(17-22)34-21-44-28/h7-10,17-19,21H,11-16,20H2,1-6H3,(H,33,35). The summed E-state index contributed by atoms with van der Waals surface area (Å²) in [6.07, 6.45) is 1.67. The highest BCUT2D eigenvalue weighted by atomic mass is 32.2. The predicted molar refractivity (Wildman–Crippen MR) is 175 cm³/mol. The van der Waals surface area contributed by atoms with Crippen molar-refractivity contribution in [1.29, 1.82) is 0 Å². The van der Waals surface area contributed by atoms with Crippen LogP contribution >= 0.6 is 11.3 Å². The fourth-order valence-corrected chi connectivity index (χ4v) is 6.16. The van der Waals surface area contributed by atoms with Gasteiger partial charge < -0.3 is 29.0 Å². The molecule has 0 radical (unpaired) electrons. The number of pyridine rings is 1. The summed E-state index contributed by atoms with van der Waals surface area (Å²) < 4.78 is 54.8. The molecule has 11 nitrogen and oxygen atoms in total. The topological polar surface area (TPSA) is 135 Å². The first-order chi connectivity index (χ1) is 21.2. The number of ether oxygens (including phenoxy) is 5. The van der Waals surface area contributed by atoms with Crippen LogP contribution in [0.3, 0.4) is 0 Å². The van der Waals surface area contributed by atoms with Gasteiger partial charge in [-0.3, -0.25) is 4.98 Å². The molecule has 0 aliphatic rings. The summed E-state index contributed by atoms with van der Waals surface area (Å²) in [4.78, 5) is 20.6. The molecule has 45 heavy (non-hydrogen) atoms. The lowest BCUT2D eigenvalue weighted by Crippen LogP contribution is -2.28. The smallest absolute Gasteiger partial charge is 0.332 e. The van der Waals surface area contributed by atoms with E-state index in [0.717, 1.165) is 15.9 Å². The molecule has 0 atom stereocenters. The quantitative estimate of drug-likeness (QED) is 0.120. The maximum Gasteiger partial charge on any atom is 0.332 e. The molecule has 0 aliphatic heterocycles. The molecule has 4 aromatic rings. The maximum atomic E-state index is 13.7. The Kier molecular flexibility index (Phi) is 11.4. The number of carbonyl (C=O) groups excluding carboxylic acids is 1. The predicted octanol–water partition coefficient (Wildman–Crippen LogP) is 5.93. The molecule has 2 aromatic carbocycles. The number of fused-ring (bicyclic) bond motifs is 2. The molecule has 0 spiro atoms. The lowest BCUT2D eigenvalue weighted by atomic mass is 10.1. The molecule has 0 amide bonds. The third-order valence-electron chi connectivity index (χ3n) is 6.38. The second-order valence-electron chi connectivity index (χ2n) is 12.2. The Morgan fingerprint density at radius 1 is 0.844 bits per heavy atom. The SMILES string of the molecule is CC(C)(C)OC(=O)COCCOCCOCCOc1cc2nccc(Nc3ccc4scnc4c3)c2cc1S(=O)(=O)C(C)(C)C. The summed E-state index contributed by atoms with van der Waals surface area (Å²) >= 11 is 1.57. The molecule has 4 rings (SSSR count). The number of carbonyl (C=O) groups is 1. The summed E-state index contributed by atoms with van der Waals surface area (Å²) in [7, 11) is -3.78. The van der Waals surface area contributed by atoms with Crippen LogP contribution in [0.25, 0.3) is 21.1 Å². The number of aromatic nitrogens is 2. The summed E-state index contributed by atoms with van der Waals surface area (Å²) in [5.41, 5.74) is 4.26. The minimum atomic E-state index is -3.78. The van der Waals surface area contributed by atoms with Crippen molar-refractivity contribution in [3.05, 3.63) is 48.1 Å². The monoisotopic (exact) mass is 659 g/mol. The molecule has 244 valence electrons. The molecule has 2 aromatic heterocycles. The van der Waals surface area contributed by atoms with Crippen LogP contribution in [-0.4, -0.2) is 81.0 Å². The molecule has 0 saturated heterocycles. The Labute approximate surface area is 268 Å². The van der Waals surface area contributed by atoms with Crippen molar-refractivity contribution in [2.45, 2.75) is 56.8 Å². The number of sulfone groups is 1. The summed E-state index contributed by atoms with van der Waals surface area (Å²) in [6, 6.07) is 11.0. The van der Waals surface area contributed by atoms with Gasteiger partial charge >= 0.3 is 5.97 Å². The van der Waals surface area contributed by atoms with E-state index in [1.165, 1.54) is 0 Å². The second kappa shape index (κ2) is 14.8. The third kappa shape index (κ3) is 9.57. The number of esters is 1. The van der Waals surface area contributed by atoms with E-state index in [9.17, 15) is 13.2 Å². The van der Waals surface area contributed by atoms with Crippen molar-refractivity contribution < 1.29 is 36.9 Å². The number of nitrogens with zero attached hydrogens (tertiary/aromatic N) is 2. The molecule has 0 saturated carbocycles.